The summed E-state index contributed by atoms with van der Waals surface area (Å²) in [7, 11) is -9.93. The molecule has 0 saturated heterocycles. The van der Waals surface area contributed by atoms with Crippen LogP contribution >= 0.6 is 15.6 Å². The van der Waals surface area contributed by atoms with Crippen molar-refractivity contribution in [2.75, 3.05) is 39.6 Å². The minimum atomic E-state index is -4.97. The minimum Gasteiger partial charge on any atom is -0.462 e. The van der Waals surface area contributed by atoms with Crippen LogP contribution in [0.5, 0.6) is 0 Å². The van der Waals surface area contributed by atoms with E-state index in [2.05, 4.69) is 72.8 Å². The van der Waals surface area contributed by atoms with Crippen molar-refractivity contribution >= 4 is 39.5 Å². The molecule has 5 atom stereocenters. The summed E-state index contributed by atoms with van der Waals surface area (Å²) in [5.41, 5.74) is 0. The number of carbonyl (C=O) groups excluding carboxylic acids is 4. The van der Waals surface area contributed by atoms with Gasteiger partial charge in [0.1, 0.15) is 19.3 Å². The number of allylic oxidation sites excluding steroid dienone is 4. The van der Waals surface area contributed by atoms with Crippen LogP contribution in [0.25, 0.3) is 0 Å². The van der Waals surface area contributed by atoms with Crippen molar-refractivity contribution < 1.29 is 80.2 Å². The van der Waals surface area contributed by atoms with Crippen molar-refractivity contribution in [3.63, 3.8) is 0 Å². The normalized spacial score (nSPS) is 14.2. The first-order chi connectivity index (χ1) is 46.2. The molecule has 0 heterocycles. The van der Waals surface area contributed by atoms with Crippen molar-refractivity contribution in [1.29, 1.82) is 0 Å². The molecule has 0 aromatic rings. The molecule has 0 spiro atoms. The van der Waals surface area contributed by atoms with Gasteiger partial charge < -0.3 is 33.8 Å². The fourth-order valence-electron chi connectivity index (χ4n) is 11.2. The number of unbranched alkanes of at least 4 members (excludes halogenated alkanes) is 38. The van der Waals surface area contributed by atoms with E-state index >= 15 is 0 Å². The van der Waals surface area contributed by atoms with E-state index in [0.29, 0.717) is 31.6 Å². The van der Waals surface area contributed by atoms with E-state index in [1.165, 1.54) is 161 Å². The highest BCUT2D eigenvalue weighted by Gasteiger charge is 2.30. The van der Waals surface area contributed by atoms with Crippen LogP contribution in [-0.4, -0.2) is 96.7 Å². The van der Waals surface area contributed by atoms with Gasteiger partial charge in [-0.05, 0) is 69.1 Å². The molecule has 3 unspecified atom stereocenters. The molecule has 0 rings (SSSR count). The van der Waals surface area contributed by atoms with E-state index in [-0.39, 0.29) is 25.7 Å². The van der Waals surface area contributed by atoms with Crippen LogP contribution in [-0.2, 0) is 65.4 Å². The molecule has 566 valence electrons. The smallest absolute Gasteiger partial charge is 0.462 e. The SMILES string of the molecule is CCCCCC/C=C\C=C/CCCCCCCC(=O)O[C@H](COC(=O)CCCCCCCCCCCCCCCCCC(C)C)COP(=O)(O)OCC(O)COP(=O)(O)OC[C@@H](COC(=O)CCCCCCCCCC(C)C)OC(=O)CCCCCCCCCCCCC(C)C. The molecule has 96 heavy (non-hydrogen) atoms. The zero-order chi connectivity index (χ0) is 70.9. The summed E-state index contributed by atoms with van der Waals surface area (Å²) in [5, 5.41) is 10.6. The second-order valence-corrected chi connectivity index (χ2v) is 31.4. The van der Waals surface area contributed by atoms with Crippen molar-refractivity contribution in [1.82, 2.24) is 0 Å². The van der Waals surface area contributed by atoms with Crippen LogP contribution in [0.3, 0.4) is 0 Å². The second-order valence-electron chi connectivity index (χ2n) is 28.5. The molecule has 0 aromatic heterocycles. The quantitative estimate of drug-likeness (QED) is 0.0169. The lowest BCUT2D eigenvalue weighted by Gasteiger charge is -2.21. The molecule has 0 aliphatic carbocycles. The van der Waals surface area contributed by atoms with Gasteiger partial charge >= 0.3 is 39.5 Å². The number of phosphoric acid groups is 2. The van der Waals surface area contributed by atoms with E-state index < -0.39 is 97.5 Å². The molecule has 19 heteroatoms. The lowest BCUT2D eigenvalue weighted by atomic mass is 10.0. The lowest BCUT2D eigenvalue weighted by Crippen LogP contribution is -2.30. The third-order valence-corrected chi connectivity index (χ3v) is 19.2. The third kappa shape index (κ3) is 70.0. The van der Waals surface area contributed by atoms with Gasteiger partial charge in [0, 0.05) is 25.7 Å². The Labute approximate surface area is 586 Å². The predicted molar refractivity (Wildman–Crippen MR) is 390 cm³/mol. The Bertz CT molecular complexity index is 1960. The minimum absolute atomic E-state index is 0.0849. The van der Waals surface area contributed by atoms with Gasteiger partial charge in [-0.25, -0.2) is 9.13 Å². The van der Waals surface area contributed by atoms with E-state index in [0.717, 1.165) is 121 Å². The Balaban J connectivity index is 5.27. The van der Waals surface area contributed by atoms with Crippen molar-refractivity contribution in [2.45, 2.75) is 388 Å². The van der Waals surface area contributed by atoms with Gasteiger partial charge in [-0.1, -0.05) is 317 Å². The molecule has 0 aliphatic rings. The molecule has 17 nitrogen and oxygen atoms in total. The largest absolute Gasteiger partial charge is 0.472 e. The Morgan fingerprint density at radius 2 is 0.562 bits per heavy atom. The van der Waals surface area contributed by atoms with Crippen LogP contribution in [0.1, 0.15) is 370 Å². The molecule has 0 radical (unpaired) electrons. The molecule has 0 saturated carbocycles. The van der Waals surface area contributed by atoms with Gasteiger partial charge in [-0.2, -0.15) is 0 Å². The summed E-state index contributed by atoms with van der Waals surface area (Å²) in [4.78, 5) is 72.8. The van der Waals surface area contributed by atoms with Gasteiger partial charge in [-0.15, -0.1) is 0 Å². The number of carbonyl (C=O) groups is 4. The van der Waals surface area contributed by atoms with Crippen LogP contribution in [0.2, 0.25) is 0 Å². The highest BCUT2D eigenvalue weighted by atomic mass is 31.2. The Morgan fingerprint density at radius 1 is 0.323 bits per heavy atom. The van der Waals surface area contributed by atoms with Crippen molar-refractivity contribution in [3.05, 3.63) is 24.3 Å². The maximum absolute atomic E-state index is 13.1. The summed E-state index contributed by atoms with van der Waals surface area (Å²) >= 11 is 0. The van der Waals surface area contributed by atoms with Crippen LogP contribution < -0.4 is 0 Å². The summed E-state index contributed by atoms with van der Waals surface area (Å²) < 4.78 is 68.5. The Morgan fingerprint density at radius 3 is 0.844 bits per heavy atom. The number of hydrogen-bond donors (Lipinski definition) is 3. The number of phosphoric ester groups is 2. The highest BCUT2D eigenvalue weighted by Crippen LogP contribution is 2.45. The van der Waals surface area contributed by atoms with Gasteiger partial charge in [0.25, 0.3) is 0 Å². The number of rotatable bonds is 73. The average Bonchev–Trinajstić information content (AvgIpc) is 1.46. The molecular formula is C77H146O17P2. The molecular weight excluding hydrogens is 1260 g/mol. The zero-order valence-electron chi connectivity index (χ0n) is 62.3. The topological polar surface area (TPSA) is 237 Å². The molecule has 0 bridgehead atoms. The maximum atomic E-state index is 13.1. The number of ether oxygens (including phenoxy) is 4. The van der Waals surface area contributed by atoms with Crippen LogP contribution in [0, 0.1) is 17.8 Å². The first kappa shape index (κ1) is 93.5. The van der Waals surface area contributed by atoms with E-state index in [4.69, 9.17) is 37.0 Å². The fraction of sp³-hybridized carbons (Fsp3) is 0.896. The van der Waals surface area contributed by atoms with Gasteiger partial charge in [-0.3, -0.25) is 37.3 Å². The summed E-state index contributed by atoms with van der Waals surface area (Å²) in [6.07, 6.45) is 56.4. The Kier molecular flexibility index (Phi) is 65.3. The van der Waals surface area contributed by atoms with Crippen molar-refractivity contribution in [2.24, 2.45) is 17.8 Å². The van der Waals surface area contributed by atoms with E-state index in [1.807, 2.05) is 0 Å². The first-order valence-electron chi connectivity index (χ1n) is 39.2. The third-order valence-electron chi connectivity index (χ3n) is 17.3. The monoisotopic (exact) mass is 1410 g/mol. The summed E-state index contributed by atoms with van der Waals surface area (Å²) in [5.74, 6) is 0.110. The molecule has 0 aliphatic heterocycles. The molecule has 0 fully saturated rings. The summed E-state index contributed by atoms with van der Waals surface area (Å²) in [6.45, 7) is 11.8. The van der Waals surface area contributed by atoms with E-state index in [9.17, 15) is 43.2 Å². The maximum Gasteiger partial charge on any atom is 0.472 e. The van der Waals surface area contributed by atoms with Gasteiger partial charge in [0.2, 0.25) is 0 Å². The van der Waals surface area contributed by atoms with E-state index in [1.54, 1.807) is 0 Å². The number of aliphatic hydroxyl groups excluding tert-OH is 1. The first-order valence-corrected chi connectivity index (χ1v) is 42.2. The molecule has 3 N–H and O–H groups in total. The number of aliphatic hydroxyl groups is 1. The second kappa shape index (κ2) is 67.1. The summed E-state index contributed by atoms with van der Waals surface area (Å²) in [6, 6.07) is 0. The molecule has 0 aromatic carbocycles. The predicted octanol–water partition coefficient (Wildman–Crippen LogP) is 22.1. The van der Waals surface area contributed by atoms with Gasteiger partial charge in [0.05, 0.1) is 26.4 Å². The Hall–Kier alpha value is -2.46. The standard InChI is InChI=1S/C77H146O17P2/c1-8-9-10-11-12-13-14-15-17-22-25-31-38-46-53-60-76(81)93-72(64-87-74(79)58-51-44-37-30-24-21-19-16-18-20-23-28-34-41-48-55-68(2)3)66-91-95(83,84)89-62-71(78)63-90-96(85,86)92-67-73(65-88-75(80)59-52-45-40-33-36-43-50-57-70(6)7)94-77(82)61-54-47-39-32-27-26-29-35-42-49-56-69(4)5/h13-15,17,68-73,78H,8-12,16,18-67H2,1-7H3,(H,83,84)(H,85,86)/b14-13-,17-15-/t71?,72-,73-/m1/s1. The number of esters is 4. The van der Waals surface area contributed by atoms with Crippen LogP contribution in [0.4, 0.5) is 0 Å². The van der Waals surface area contributed by atoms with Gasteiger partial charge in [0.15, 0.2) is 12.2 Å². The lowest BCUT2D eigenvalue weighted by molar-refractivity contribution is -0.161. The van der Waals surface area contributed by atoms with Crippen LogP contribution in [0.15, 0.2) is 24.3 Å². The zero-order valence-corrected chi connectivity index (χ0v) is 64.1. The highest BCUT2D eigenvalue weighted by molar-refractivity contribution is 7.47. The van der Waals surface area contributed by atoms with Crippen molar-refractivity contribution in [3.8, 4) is 0 Å². The number of hydrogen-bond acceptors (Lipinski definition) is 15. The molecule has 0 amide bonds. The fourth-order valence-corrected chi connectivity index (χ4v) is 12.8. The average molecular weight is 1410 g/mol.